The largest absolute Gasteiger partial charge is 0.494 e. The number of hydrogen-bond donors (Lipinski definition) is 1. The van der Waals surface area contributed by atoms with Crippen LogP contribution in [0.4, 0.5) is 0 Å². The number of hydrogen-bond acceptors (Lipinski definition) is 4. The summed E-state index contributed by atoms with van der Waals surface area (Å²) in [5.41, 5.74) is 3.83. The highest BCUT2D eigenvalue weighted by Crippen LogP contribution is 2.32. The van der Waals surface area contributed by atoms with Crippen LogP contribution in [0.5, 0.6) is 17.5 Å². The molecule has 1 N–H and O–H groups in total. The van der Waals surface area contributed by atoms with Crippen molar-refractivity contribution in [1.29, 1.82) is 0 Å². The molecule has 164 valence electrons. The molecule has 0 aliphatic heterocycles. The topological polar surface area (TPSA) is 73.6 Å². The number of unbranched alkanes of at least 4 members (excludes halogenated alkanes) is 2. The second-order valence-electron chi connectivity index (χ2n) is 7.68. The van der Waals surface area contributed by atoms with Gasteiger partial charge in [0.1, 0.15) is 11.5 Å². The number of fused-ring (bicyclic) bond motifs is 1. The molecule has 0 amide bonds. The molecule has 0 spiro atoms. The van der Waals surface area contributed by atoms with Gasteiger partial charge in [-0.15, -0.1) is 0 Å². The molecule has 0 atom stereocenters. The maximum Gasteiger partial charge on any atom is 0.307 e. The van der Waals surface area contributed by atoms with Crippen molar-refractivity contribution in [2.45, 2.75) is 32.6 Å². The Morgan fingerprint density at radius 2 is 1.72 bits per heavy atom. The van der Waals surface area contributed by atoms with Crippen LogP contribution in [0.3, 0.4) is 0 Å². The Balaban J connectivity index is 1.60. The first-order valence-corrected chi connectivity index (χ1v) is 10.8. The molecule has 0 aliphatic carbocycles. The fourth-order valence-corrected chi connectivity index (χ4v) is 3.47. The van der Waals surface area contributed by atoms with Gasteiger partial charge in [-0.3, -0.25) is 9.36 Å². The van der Waals surface area contributed by atoms with Crippen molar-refractivity contribution in [3.63, 3.8) is 0 Å². The van der Waals surface area contributed by atoms with Gasteiger partial charge in [0.05, 0.1) is 23.3 Å². The number of ether oxygens (including phenoxy) is 2. The molecular formula is C26H26N2O4. The maximum absolute atomic E-state index is 10.6. The van der Waals surface area contributed by atoms with Gasteiger partial charge in [0, 0.05) is 12.5 Å². The first kappa shape index (κ1) is 21.4. The smallest absolute Gasteiger partial charge is 0.307 e. The van der Waals surface area contributed by atoms with Crippen LogP contribution in [0.25, 0.3) is 16.7 Å². The minimum absolute atomic E-state index is 0.200. The van der Waals surface area contributed by atoms with E-state index in [4.69, 9.17) is 19.6 Å². The standard InChI is InChI=1S/C26H26N2O4/c1-19-11-13-20(14-12-19)28-24-18-22(31-17-7-3-6-10-25(29)30)15-16-23(24)27-26(28)32-21-8-4-2-5-9-21/h2,4-5,8-9,11-16,18H,3,6-7,10,17H2,1H3,(H,29,30). The van der Waals surface area contributed by atoms with Crippen molar-refractivity contribution in [1.82, 2.24) is 9.55 Å². The maximum atomic E-state index is 10.6. The van der Waals surface area contributed by atoms with Crippen molar-refractivity contribution in [2.24, 2.45) is 0 Å². The predicted molar refractivity (Wildman–Crippen MR) is 124 cm³/mol. The number of aryl methyl sites for hydroxylation is 1. The number of carboxylic acids is 1. The van der Waals surface area contributed by atoms with Gasteiger partial charge >= 0.3 is 12.0 Å². The summed E-state index contributed by atoms with van der Waals surface area (Å²) in [5.74, 6) is 0.707. The van der Waals surface area contributed by atoms with E-state index in [-0.39, 0.29) is 6.42 Å². The number of nitrogens with zero attached hydrogens (tertiary/aromatic N) is 2. The molecular weight excluding hydrogens is 404 g/mol. The van der Waals surface area contributed by atoms with Gasteiger partial charge in [0.15, 0.2) is 0 Å². The summed E-state index contributed by atoms with van der Waals surface area (Å²) in [6, 6.07) is 24.1. The zero-order valence-corrected chi connectivity index (χ0v) is 18.0. The number of benzene rings is 3. The molecule has 0 unspecified atom stereocenters. The van der Waals surface area contributed by atoms with Crippen LogP contribution < -0.4 is 9.47 Å². The Labute approximate surface area is 187 Å². The molecule has 3 aromatic carbocycles. The van der Waals surface area contributed by atoms with E-state index in [0.29, 0.717) is 24.8 Å². The average molecular weight is 431 g/mol. The first-order chi connectivity index (χ1) is 15.6. The average Bonchev–Trinajstić information content (AvgIpc) is 3.14. The van der Waals surface area contributed by atoms with Crippen LogP contribution in [0.15, 0.2) is 72.8 Å². The van der Waals surface area contributed by atoms with Gasteiger partial charge in [0.2, 0.25) is 0 Å². The van der Waals surface area contributed by atoms with Crippen molar-refractivity contribution < 1.29 is 19.4 Å². The molecule has 6 nitrogen and oxygen atoms in total. The molecule has 0 bridgehead atoms. The predicted octanol–water partition coefficient (Wildman–Crippen LogP) is 6.15. The third-order valence-electron chi connectivity index (χ3n) is 5.14. The van der Waals surface area contributed by atoms with E-state index in [1.807, 2.05) is 65.2 Å². The van der Waals surface area contributed by atoms with Crippen molar-refractivity contribution in [3.8, 4) is 23.2 Å². The number of rotatable bonds is 10. The van der Waals surface area contributed by atoms with Crippen LogP contribution in [0, 0.1) is 6.92 Å². The van der Waals surface area contributed by atoms with E-state index in [0.717, 1.165) is 35.3 Å². The molecule has 0 saturated heterocycles. The van der Waals surface area contributed by atoms with Crippen molar-refractivity contribution in [2.75, 3.05) is 6.61 Å². The monoisotopic (exact) mass is 430 g/mol. The zero-order valence-electron chi connectivity index (χ0n) is 18.0. The molecule has 4 aromatic rings. The van der Waals surface area contributed by atoms with E-state index in [2.05, 4.69) is 19.1 Å². The minimum atomic E-state index is -0.755. The third-order valence-corrected chi connectivity index (χ3v) is 5.14. The highest BCUT2D eigenvalue weighted by atomic mass is 16.5. The van der Waals surface area contributed by atoms with E-state index < -0.39 is 5.97 Å². The molecule has 0 aliphatic rings. The van der Waals surface area contributed by atoms with Crippen LogP contribution >= 0.6 is 0 Å². The fourth-order valence-electron chi connectivity index (χ4n) is 3.47. The fraction of sp³-hybridized carbons (Fsp3) is 0.231. The zero-order chi connectivity index (χ0) is 22.3. The lowest BCUT2D eigenvalue weighted by atomic mass is 10.2. The summed E-state index contributed by atoms with van der Waals surface area (Å²) in [7, 11) is 0. The summed E-state index contributed by atoms with van der Waals surface area (Å²) in [6.07, 6.45) is 2.50. The second-order valence-corrected chi connectivity index (χ2v) is 7.68. The van der Waals surface area contributed by atoms with E-state index >= 15 is 0 Å². The van der Waals surface area contributed by atoms with Crippen LogP contribution in [0.1, 0.15) is 31.2 Å². The number of carbonyl (C=O) groups is 1. The van der Waals surface area contributed by atoms with E-state index in [9.17, 15) is 4.79 Å². The lowest BCUT2D eigenvalue weighted by molar-refractivity contribution is -0.137. The minimum Gasteiger partial charge on any atom is -0.494 e. The SMILES string of the molecule is Cc1ccc(-n2c(Oc3ccccc3)nc3ccc(OCCCCCC(=O)O)cc32)cc1. The molecule has 1 heterocycles. The van der Waals surface area contributed by atoms with Crippen molar-refractivity contribution >= 4 is 17.0 Å². The van der Waals surface area contributed by atoms with E-state index in [1.54, 1.807) is 0 Å². The summed E-state index contributed by atoms with van der Waals surface area (Å²) in [4.78, 5) is 15.3. The Morgan fingerprint density at radius 1 is 0.938 bits per heavy atom. The van der Waals surface area contributed by atoms with Crippen molar-refractivity contribution in [3.05, 3.63) is 78.4 Å². The van der Waals surface area contributed by atoms with Crippen LogP contribution in [-0.4, -0.2) is 27.2 Å². The molecule has 4 rings (SSSR count). The molecule has 32 heavy (non-hydrogen) atoms. The first-order valence-electron chi connectivity index (χ1n) is 10.8. The highest BCUT2D eigenvalue weighted by Gasteiger charge is 2.15. The van der Waals surface area contributed by atoms with Crippen LogP contribution in [-0.2, 0) is 4.79 Å². The summed E-state index contributed by atoms with van der Waals surface area (Å²) >= 11 is 0. The lowest BCUT2D eigenvalue weighted by Gasteiger charge is -2.11. The normalized spacial score (nSPS) is 10.9. The lowest BCUT2D eigenvalue weighted by Crippen LogP contribution is -2.00. The molecule has 1 aromatic heterocycles. The molecule has 6 heteroatoms. The number of imidazole rings is 1. The van der Waals surface area contributed by atoms with E-state index in [1.165, 1.54) is 5.56 Å². The highest BCUT2D eigenvalue weighted by molar-refractivity contribution is 5.81. The van der Waals surface area contributed by atoms with Gasteiger partial charge in [-0.1, -0.05) is 35.9 Å². The number of aromatic nitrogens is 2. The van der Waals surface area contributed by atoms with Crippen LogP contribution in [0.2, 0.25) is 0 Å². The molecule has 0 radical (unpaired) electrons. The van der Waals surface area contributed by atoms with Gasteiger partial charge in [-0.2, -0.15) is 4.98 Å². The number of aliphatic carboxylic acids is 1. The Bertz CT molecular complexity index is 1180. The van der Waals surface area contributed by atoms with Gasteiger partial charge in [0.25, 0.3) is 0 Å². The molecule has 0 saturated carbocycles. The number of para-hydroxylation sites is 1. The Kier molecular flexibility index (Phi) is 6.70. The second kappa shape index (κ2) is 10.0. The Morgan fingerprint density at radius 3 is 2.47 bits per heavy atom. The number of carboxylic acid groups (broad SMARTS) is 1. The van der Waals surface area contributed by atoms with Gasteiger partial charge < -0.3 is 14.6 Å². The Hall–Kier alpha value is -3.80. The van der Waals surface area contributed by atoms with Gasteiger partial charge in [-0.25, -0.2) is 0 Å². The summed E-state index contributed by atoms with van der Waals surface area (Å²) in [6.45, 7) is 2.59. The summed E-state index contributed by atoms with van der Waals surface area (Å²) in [5, 5.41) is 8.73. The third kappa shape index (κ3) is 5.27. The quantitative estimate of drug-likeness (QED) is 0.306. The van der Waals surface area contributed by atoms with Gasteiger partial charge in [-0.05, 0) is 62.6 Å². The molecule has 0 fully saturated rings. The summed E-state index contributed by atoms with van der Waals surface area (Å²) < 4.78 is 14.0.